The Balaban J connectivity index is 0.000000441. The monoisotopic (exact) mass is 719 g/mol. The molecule has 6 heteroatoms. The van der Waals surface area contributed by atoms with Crippen molar-refractivity contribution < 1.29 is 29.0 Å². The molecule has 48 heavy (non-hydrogen) atoms. The third-order valence-electron chi connectivity index (χ3n) is 7.98. The second kappa shape index (κ2) is 17.2. The van der Waals surface area contributed by atoms with Crippen molar-refractivity contribution in [2.75, 3.05) is 14.2 Å². The van der Waals surface area contributed by atoms with Gasteiger partial charge in [0.2, 0.25) is 0 Å². The van der Waals surface area contributed by atoms with Crippen molar-refractivity contribution in [3.63, 3.8) is 0 Å². The average molecular weight is 720 g/mol. The van der Waals surface area contributed by atoms with Crippen molar-refractivity contribution in [1.29, 1.82) is 0 Å². The molecule has 0 bridgehead atoms. The fourth-order valence-electron chi connectivity index (χ4n) is 5.42. The molecule has 0 amide bonds. The van der Waals surface area contributed by atoms with E-state index in [4.69, 9.17) is 24.4 Å². The maximum absolute atomic E-state index is 5.34. The van der Waals surface area contributed by atoms with Crippen molar-refractivity contribution >= 4 is 22.9 Å². The first kappa shape index (κ1) is 34.3. The summed E-state index contributed by atoms with van der Waals surface area (Å²) in [5, 5.41) is 0. The molecular formula is C42H38N3O2Rh-. The fraction of sp³-hybridized carbons (Fsp3) is 0.143. The van der Waals surface area contributed by atoms with Crippen molar-refractivity contribution in [2.24, 2.45) is 9.98 Å². The van der Waals surface area contributed by atoms with Crippen LogP contribution in [0.3, 0.4) is 0 Å². The summed E-state index contributed by atoms with van der Waals surface area (Å²) in [5.41, 5.74) is 7.68. The molecule has 1 aliphatic carbocycles. The van der Waals surface area contributed by atoms with Crippen molar-refractivity contribution in [3.05, 3.63) is 157 Å². The molecule has 5 nitrogen and oxygen atoms in total. The molecule has 2 aliphatic rings. The number of amidine groups is 1. The summed E-state index contributed by atoms with van der Waals surface area (Å²) in [4.78, 5) is 15.0. The molecule has 0 unspecified atom stereocenters. The van der Waals surface area contributed by atoms with E-state index in [9.17, 15) is 0 Å². The fourth-order valence-corrected chi connectivity index (χ4v) is 5.42. The van der Waals surface area contributed by atoms with Gasteiger partial charge in [-0.2, -0.15) is 0 Å². The minimum absolute atomic E-state index is 0. The van der Waals surface area contributed by atoms with E-state index < -0.39 is 0 Å². The number of aromatic nitrogens is 1. The minimum Gasteiger partial charge on any atom is -0.497 e. The SMILES string of the molecule is C1=C\CC/C=C\CC/1.COc1ccc(C2=N/C(=N\c3[n-]c(-c4ccc(OC)cc4)cc3-c3ccccc3)C(c3ccccc3)=C2)cc1.[Rh]. The van der Waals surface area contributed by atoms with Gasteiger partial charge in [0.25, 0.3) is 0 Å². The van der Waals surface area contributed by atoms with E-state index in [-0.39, 0.29) is 19.5 Å². The van der Waals surface area contributed by atoms with Gasteiger partial charge in [0.1, 0.15) is 11.5 Å². The van der Waals surface area contributed by atoms with Gasteiger partial charge < -0.3 is 19.5 Å². The maximum Gasteiger partial charge on any atom is 0.118 e. The van der Waals surface area contributed by atoms with Crippen LogP contribution in [0.1, 0.15) is 36.8 Å². The van der Waals surface area contributed by atoms with Crippen LogP contribution >= 0.6 is 0 Å². The Morgan fingerprint density at radius 1 is 0.583 bits per heavy atom. The second-order valence-corrected chi connectivity index (χ2v) is 11.2. The minimum atomic E-state index is 0. The molecule has 243 valence electrons. The number of ether oxygens (including phenoxy) is 2. The summed E-state index contributed by atoms with van der Waals surface area (Å²) in [6.45, 7) is 0. The number of allylic oxidation sites excluding steroid dienone is 5. The smallest absolute Gasteiger partial charge is 0.118 e. The Morgan fingerprint density at radius 3 is 1.60 bits per heavy atom. The van der Waals surface area contributed by atoms with E-state index in [1.807, 2.05) is 84.9 Å². The normalized spacial score (nSPS) is 15.8. The summed E-state index contributed by atoms with van der Waals surface area (Å²) in [6, 6.07) is 38.3. The first-order valence-electron chi connectivity index (χ1n) is 16.0. The third kappa shape index (κ3) is 8.64. The van der Waals surface area contributed by atoms with Crippen molar-refractivity contribution in [1.82, 2.24) is 4.98 Å². The van der Waals surface area contributed by atoms with Crippen LogP contribution in [0.25, 0.3) is 28.0 Å². The molecular weight excluding hydrogens is 681 g/mol. The van der Waals surface area contributed by atoms with E-state index in [0.29, 0.717) is 11.7 Å². The Kier molecular flexibility index (Phi) is 12.3. The molecule has 5 aromatic rings. The first-order valence-corrected chi connectivity index (χ1v) is 16.0. The Hall–Kier alpha value is -5.06. The van der Waals surface area contributed by atoms with Gasteiger partial charge in [0.05, 0.1) is 25.8 Å². The zero-order valence-corrected chi connectivity index (χ0v) is 28.8. The number of aliphatic imine (C=N–C) groups is 2. The van der Waals surface area contributed by atoms with Crippen LogP contribution < -0.4 is 14.5 Å². The molecule has 0 fully saturated rings. The third-order valence-corrected chi connectivity index (χ3v) is 7.98. The molecule has 1 radical (unpaired) electrons. The Labute approximate surface area is 296 Å². The van der Waals surface area contributed by atoms with E-state index in [0.717, 1.165) is 56.3 Å². The van der Waals surface area contributed by atoms with Crippen molar-refractivity contribution in [3.8, 4) is 33.9 Å². The standard InChI is InChI=1S/C34H26N3O2.C8H12.Rh/c1-38-27-17-13-25(14-18-27)31-21-29(23-9-5-3-6-10-23)33(35-31)37-34-30(24-11-7-4-8-12-24)22-32(36-34)26-15-19-28(39-2)20-16-26;1-2-4-6-8-7-5-3-1;/h3-22H,1-2H3;1-2,7-8H,3-6H2;/q-1;;/b37-33-;2-1-,8-7-;. The summed E-state index contributed by atoms with van der Waals surface area (Å²) in [5.74, 6) is 2.86. The summed E-state index contributed by atoms with van der Waals surface area (Å²) < 4.78 is 10.7. The van der Waals surface area contributed by atoms with Gasteiger partial charge in [-0.15, -0.1) is 0 Å². The van der Waals surface area contributed by atoms with Crippen LogP contribution in [0, 0.1) is 0 Å². The van der Waals surface area contributed by atoms with Gasteiger partial charge in [0, 0.05) is 30.6 Å². The maximum atomic E-state index is 5.34. The number of methoxy groups -OCH3 is 2. The number of hydrogen-bond donors (Lipinski definition) is 0. The molecule has 0 spiro atoms. The zero-order valence-electron chi connectivity index (χ0n) is 27.2. The largest absolute Gasteiger partial charge is 0.497 e. The molecule has 1 aromatic heterocycles. The van der Waals surface area contributed by atoms with Crippen LogP contribution in [-0.4, -0.2) is 25.8 Å². The molecule has 0 N–H and O–H groups in total. The predicted molar refractivity (Wildman–Crippen MR) is 195 cm³/mol. The summed E-state index contributed by atoms with van der Waals surface area (Å²) >= 11 is 0. The van der Waals surface area contributed by atoms with Crippen LogP contribution in [0.15, 0.2) is 156 Å². The predicted octanol–water partition coefficient (Wildman–Crippen LogP) is 10.3. The van der Waals surface area contributed by atoms with Crippen LogP contribution in [0.4, 0.5) is 5.82 Å². The first-order chi connectivity index (χ1) is 23.2. The summed E-state index contributed by atoms with van der Waals surface area (Å²) in [7, 11) is 3.33. The molecule has 1 aliphatic heterocycles. The van der Waals surface area contributed by atoms with Gasteiger partial charge in [-0.3, -0.25) is 4.99 Å². The average Bonchev–Trinajstić information content (AvgIpc) is 3.74. The van der Waals surface area contributed by atoms with Gasteiger partial charge in [-0.05, 0) is 102 Å². The molecule has 0 saturated carbocycles. The van der Waals surface area contributed by atoms with Gasteiger partial charge >= 0.3 is 0 Å². The molecule has 0 atom stereocenters. The molecule has 7 rings (SSSR count). The number of nitrogens with zero attached hydrogens (tertiary/aromatic N) is 3. The Bertz CT molecular complexity index is 1890. The zero-order chi connectivity index (χ0) is 32.3. The topological polar surface area (TPSA) is 57.3 Å². The number of rotatable bonds is 7. The van der Waals surface area contributed by atoms with Crippen molar-refractivity contribution in [2.45, 2.75) is 25.7 Å². The Morgan fingerprint density at radius 2 is 1.08 bits per heavy atom. The molecule has 4 aromatic carbocycles. The van der Waals surface area contributed by atoms with E-state index >= 15 is 0 Å². The van der Waals surface area contributed by atoms with Crippen LogP contribution in [0.5, 0.6) is 11.5 Å². The van der Waals surface area contributed by atoms with Gasteiger partial charge in [-0.1, -0.05) is 103 Å². The van der Waals surface area contributed by atoms with Gasteiger partial charge in [-0.25, -0.2) is 0 Å². The number of benzene rings is 4. The van der Waals surface area contributed by atoms with Gasteiger partial charge in [0.15, 0.2) is 0 Å². The van der Waals surface area contributed by atoms with E-state index in [1.165, 1.54) is 25.7 Å². The van der Waals surface area contributed by atoms with Crippen LogP contribution in [0.2, 0.25) is 0 Å². The molecule has 2 heterocycles. The molecule has 0 saturated heterocycles. The quantitative estimate of drug-likeness (QED) is 0.124. The van der Waals surface area contributed by atoms with E-state index in [1.54, 1.807) is 14.2 Å². The van der Waals surface area contributed by atoms with E-state index in [2.05, 4.69) is 60.7 Å². The number of hydrogen-bond acceptors (Lipinski definition) is 3. The summed E-state index contributed by atoms with van der Waals surface area (Å²) in [6.07, 6.45) is 16.1. The van der Waals surface area contributed by atoms with Crippen LogP contribution in [-0.2, 0) is 19.5 Å². The second-order valence-electron chi connectivity index (χ2n) is 11.2.